The summed E-state index contributed by atoms with van der Waals surface area (Å²) in [6.45, 7) is 4.74. The Morgan fingerprint density at radius 1 is 1.12 bits per heavy atom. The maximum atomic E-state index is 6.39. The summed E-state index contributed by atoms with van der Waals surface area (Å²) in [5.41, 5.74) is 1.44. The number of ether oxygens (including phenoxy) is 2. The van der Waals surface area contributed by atoms with Gasteiger partial charge in [-0.2, -0.15) is 0 Å². The molecule has 24 heavy (non-hydrogen) atoms. The van der Waals surface area contributed by atoms with Crippen molar-refractivity contribution in [3.05, 3.63) is 35.2 Å². The lowest BCUT2D eigenvalue weighted by Gasteiger charge is -2.41. The Balaban J connectivity index is 1.35. The van der Waals surface area contributed by atoms with Gasteiger partial charge in [-0.15, -0.1) is 11.3 Å². The zero-order valence-corrected chi connectivity index (χ0v) is 15.1. The lowest BCUT2D eigenvalue weighted by Crippen LogP contribution is -2.51. The fourth-order valence-electron chi connectivity index (χ4n) is 4.15. The minimum atomic E-state index is 0.404. The van der Waals surface area contributed by atoms with Crippen LogP contribution >= 0.6 is 11.3 Å². The zero-order chi connectivity index (χ0) is 16.2. The van der Waals surface area contributed by atoms with Crippen LogP contribution in [0.2, 0.25) is 0 Å². The number of benzene rings is 1. The molecule has 3 nitrogen and oxygen atoms in total. The third-order valence-electron chi connectivity index (χ3n) is 5.45. The molecule has 0 spiro atoms. The van der Waals surface area contributed by atoms with Gasteiger partial charge in [0, 0.05) is 23.8 Å². The highest BCUT2D eigenvalue weighted by molar-refractivity contribution is 7.17. The van der Waals surface area contributed by atoms with Crippen molar-refractivity contribution in [2.24, 2.45) is 0 Å². The summed E-state index contributed by atoms with van der Waals surface area (Å²) in [7, 11) is 0. The summed E-state index contributed by atoms with van der Waals surface area (Å²) < 4.78 is 13.3. The molecule has 0 amide bonds. The molecule has 2 fully saturated rings. The number of hydrogen-bond acceptors (Lipinski definition) is 4. The molecule has 0 radical (unpaired) electrons. The molecule has 1 saturated carbocycles. The van der Waals surface area contributed by atoms with Crippen molar-refractivity contribution in [1.29, 1.82) is 0 Å². The fraction of sp³-hybridized carbons (Fsp3) is 0.600. The monoisotopic (exact) mass is 345 g/mol. The van der Waals surface area contributed by atoms with Crippen molar-refractivity contribution in [2.75, 3.05) is 32.9 Å². The molecule has 1 saturated heterocycles. The minimum absolute atomic E-state index is 0.404. The van der Waals surface area contributed by atoms with Crippen LogP contribution in [0.5, 0.6) is 0 Å². The van der Waals surface area contributed by atoms with E-state index in [2.05, 4.69) is 34.5 Å². The maximum absolute atomic E-state index is 6.39. The third-order valence-corrected chi connectivity index (χ3v) is 6.46. The van der Waals surface area contributed by atoms with Crippen LogP contribution in [-0.2, 0) is 15.9 Å². The van der Waals surface area contributed by atoms with Crippen LogP contribution in [0, 0.1) is 0 Å². The molecule has 0 bridgehead atoms. The van der Waals surface area contributed by atoms with E-state index in [1.165, 1.54) is 41.3 Å². The molecule has 1 aliphatic carbocycles. The van der Waals surface area contributed by atoms with Crippen molar-refractivity contribution >= 4 is 21.4 Å². The molecule has 4 heteroatoms. The highest BCUT2D eigenvalue weighted by atomic mass is 32.1. The van der Waals surface area contributed by atoms with Crippen LogP contribution in [0.4, 0.5) is 0 Å². The Bertz CT molecular complexity index is 650. The number of morpholine rings is 1. The Morgan fingerprint density at radius 2 is 1.96 bits per heavy atom. The zero-order valence-electron chi connectivity index (χ0n) is 14.3. The van der Waals surface area contributed by atoms with Gasteiger partial charge in [-0.3, -0.25) is 4.90 Å². The Morgan fingerprint density at radius 3 is 2.88 bits per heavy atom. The number of thiophene rings is 1. The molecule has 2 aliphatic rings. The predicted molar refractivity (Wildman–Crippen MR) is 99.9 cm³/mol. The van der Waals surface area contributed by atoms with Gasteiger partial charge >= 0.3 is 0 Å². The first kappa shape index (κ1) is 16.5. The van der Waals surface area contributed by atoms with Crippen LogP contribution in [0.1, 0.15) is 31.2 Å². The van der Waals surface area contributed by atoms with Gasteiger partial charge in [0.2, 0.25) is 0 Å². The van der Waals surface area contributed by atoms with Crippen LogP contribution in [0.15, 0.2) is 29.6 Å². The van der Waals surface area contributed by atoms with Crippen molar-refractivity contribution in [1.82, 2.24) is 4.90 Å². The Labute approximate surface area is 148 Å². The standard InChI is InChI=1S/C20H27NO2S/c1-4-8-20-17(5-1)16(15-24-20)9-12-23-19-7-3-2-6-18(19)21-10-13-22-14-11-21/h1,4-5,8,15,18-19H,2-3,6-7,9-14H2/t18-,19-/m1/s1. The summed E-state index contributed by atoms with van der Waals surface area (Å²) in [5.74, 6) is 0. The number of nitrogens with zero attached hydrogens (tertiary/aromatic N) is 1. The van der Waals surface area contributed by atoms with E-state index < -0.39 is 0 Å². The van der Waals surface area contributed by atoms with E-state index >= 15 is 0 Å². The van der Waals surface area contributed by atoms with E-state index in [1.807, 2.05) is 11.3 Å². The predicted octanol–water partition coefficient (Wildman–Crippen LogP) is 4.10. The topological polar surface area (TPSA) is 21.7 Å². The molecule has 0 unspecified atom stereocenters. The molecule has 2 atom stereocenters. The summed E-state index contributed by atoms with van der Waals surface area (Å²) in [6.07, 6.45) is 6.58. The van der Waals surface area contributed by atoms with Crippen molar-refractivity contribution < 1.29 is 9.47 Å². The van der Waals surface area contributed by atoms with Gasteiger partial charge in [0.1, 0.15) is 0 Å². The maximum Gasteiger partial charge on any atom is 0.0730 e. The second-order valence-electron chi connectivity index (χ2n) is 6.92. The van der Waals surface area contributed by atoms with E-state index in [1.54, 1.807) is 0 Å². The van der Waals surface area contributed by atoms with Gasteiger partial charge in [0.05, 0.1) is 25.9 Å². The van der Waals surface area contributed by atoms with Gasteiger partial charge in [0.15, 0.2) is 0 Å². The third kappa shape index (κ3) is 3.67. The van der Waals surface area contributed by atoms with E-state index in [0.29, 0.717) is 12.1 Å². The summed E-state index contributed by atoms with van der Waals surface area (Å²) >= 11 is 1.85. The highest BCUT2D eigenvalue weighted by Gasteiger charge is 2.31. The second-order valence-corrected chi connectivity index (χ2v) is 7.83. The highest BCUT2D eigenvalue weighted by Crippen LogP contribution is 2.28. The molecular formula is C20H27NO2S. The summed E-state index contributed by atoms with van der Waals surface area (Å²) in [5, 5.41) is 3.70. The van der Waals surface area contributed by atoms with Crippen molar-refractivity contribution in [3.63, 3.8) is 0 Å². The summed E-state index contributed by atoms with van der Waals surface area (Å²) in [4.78, 5) is 2.60. The van der Waals surface area contributed by atoms with Gasteiger partial charge in [0.25, 0.3) is 0 Å². The molecule has 130 valence electrons. The molecule has 2 aromatic rings. The van der Waals surface area contributed by atoms with Crippen molar-refractivity contribution in [3.8, 4) is 0 Å². The fourth-order valence-corrected chi connectivity index (χ4v) is 5.14. The van der Waals surface area contributed by atoms with E-state index in [4.69, 9.17) is 9.47 Å². The van der Waals surface area contributed by atoms with E-state index in [-0.39, 0.29) is 0 Å². The largest absolute Gasteiger partial charge is 0.379 e. The van der Waals surface area contributed by atoms with E-state index in [9.17, 15) is 0 Å². The molecule has 1 aromatic carbocycles. The lowest BCUT2D eigenvalue weighted by atomic mass is 9.91. The van der Waals surface area contributed by atoms with Gasteiger partial charge in [-0.1, -0.05) is 31.0 Å². The van der Waals surface area contributed by atoms with Gasteiger partial charge in [-0.05, 0) is 41.7 Å². The number of hydrogen-bond donors (Lipinski definition) is 0. The average molecular weight is 346 g/mol. The average Bonchev–Trinajstić information content (AvgIpc) is 3.06. The SMILES string of the molecule is c1ccc2c(CCO[C@@H]3CCCC[C@H]3N3CCOCC3)csc2c1. The Kier molecular flexibility index (Phi) is 5.48. The molecular weight excluding hydrogens is 318 g/mol. The molecule has 4 rings (SSSR count). The minimum Gasteiger partial charge on any atom is -0.379 e. The lowest BCUT2D eigenvalue weighted by molar-refractivity contribution is -0.0646. The molecule has 0 N–H and O–H groups in total. The first-order valence-corrected chi connectivity index (χ1v) is 10.2. The quantitative estimate of drug-likeness (QED) is 0.814. The van der Waals surface area contributed by atoms with Gasteiger partial charge in [-0.25, -0.2) is 0 Å². The molecule has 1 aliphatic heterocycles. The van der Waals surface area contributed by atoms with Crippen molar-refractivity contribution in [2.45, 2.75) is 44.2 Å². The number of fused-ring (bicyclic) bond motifs is 1. The Hall–Kier alpha value is -0.940. The van der Waals surface area contributed by atoms with Crippen LogP contribution in [0.25, 0.3) is 10.1 Å². The second kappa shape index (κ2) is 7.96. The summed E-state index contributed by atoms with van der Waals surface area (Å²) in [6, 6.07) is 9.29. The molecule has 1 aromatic heterocycles. The number of rotatable bonds is 5. The van der Waals surface area contributed by atoms with Gasteiger partial charge < -0.3 is 9.47 Å². The molecule has 2 heterocycles. The van der Waals surface area contributed by atoms with E-state index in [0.717, 1.165) is 39.3 Å². The van der Waals surface area contributed by atoms with Crippen LogP contribution in [-0.4, -0.2) is 50.0 Å². The first-order valence-electron chi connectivity index (χ1n) is 9.30. The van der Waals surface area contributed by atoms with Crippen LogP contribution < -0.4 is 0 Å². The normalized spacial score (nSPS) is 26.0. The smallest absolute Gasteiger partial charge is 0.0730 e. The first-order chi connectivity index (χ1) is 11.9. The van der Waals surface area contributed by atoms with Crippen LogP contribution in [0.3, 0.4) is 0 Å².